The number of carboxylic acids is 1. The molecule has 0 saturated carbocycles. The highest BCUT2D eigenvalue weighted by Crippen LogP contribution is 2.26. The third-order valence-electron chi connectivity index (χ3n) is 3.72. The summed E-state index contributed by atoms with van der Waals surface area (Å²) < 4.78 is 0. The van der Waals surface area contributed by atoms with Crippen molar-refractivity contribution in [3.8, 4) is 0 Å². The Morgan fingerprint density at radius 1 is 1.59 bits per heavy atom. The monoisotopic (exact) mass is 243 g/mol. The molecule has 0 bridgehead atoms. The first-order valence-electron chi connectivity index (χ1n) is 6.21. The zero-order valence-electron chi connectivity index (χ0n) is 11.4. The molecule has 1 aliphatic heterocycles. The van der Waals surface area contributed by atoms with Gasteiger partial charge in [-0.1, -0.05) is 0 Å². The van der Waals surface area contributed by atoms with Gasteiger partial charge in [-0.05, 0) is 40.9 Å². The van der Waals surface area contributed by atoms with Gasteiger partial charge in [0.1, 0.15) is 5.54 Å². The van der Waals surface area contributed by atoms with Crippen LogP contribution in [-0.2, 0) is 4.79 Å². The average molecular weight is 243 g/mol. The summed E-state index contributed by atoms with van der Waals surface area (Å²) in [6.45, 7) is 4.50. The topological polar surface area (TPSA) is 55.8 Å². The fraction of sp³-hybridized carbons (Fsp3) is 0.917. The van der Waals surface area contributed by atoms with Crippen molar-refractivity contribution in [1.82, 2.24) is 15.1 Å². The highest BCUT2D eigenvalue weighted by atomic mass is 16.4. The molecule has 1 heterocycles. The van der Waals surface area contributed by atoms with Gasteiger partial charge in [-0.3, -0.25) is 4.79 Å². The van der Waals surface area contributed by atoms with E-state index in [2.05, 4.69) is 29.1 Å². The lowest BCUT2D eigenvalue weighted by Crippen LogP contribution is -2.61. The largest absolute Gasteiger partial charge is 0.480 e. The highest BCUT2D eigenvalue weighted by Gasteiger charge is 2.42. The minimum absolute atomic E-state index is 0.312. The first-order chi connectivity index (χ1) is 7.87. The summed E-state index contributed by atoms with van der Waals surface area (Å²) in [5, 5.41) is 12.7. The SMILES string of the molecule is CC1CC(NCCN(C)C)(C(=O)O)CCN1C. The molecule has 0 spiro atoms. The number of nitrogens with zero attached hydrogens (tertiary/aromatic N) is 2. The summed E-state index contributed by atoms with van der Waals surface area (Å²) in [6.07, 6.45) is 1.35. The van der Waals surface area contributed by atoms with Crippen molar-refractivity contribution in [3.63, 3.8) is 0 Å². The predicted octanol–water partition coefficient (Wildman–Crippen LogP) is 0.0751. The normalized spacial score (nSPS) is 30.8. The predicted molar refractivity (Wildman–Crippen MR) is 68.2 cm³/mol. The number of hydrogen-bond donors (Lipinski definition) is 2. The van der Waals surface area contributed by atoms with Crippen molar-refractivity contribution in [2.24, 2.45) is 0 Å². The van der Waals surface area contributed by atoms with Gasteiger partial charge in [0.25, 0.3) is 0 Å². The lowest BCUT2D eigenvalue weighted by atomic mass is 9.83. The molecule has 2 N–H and O–H groups in total. The van der Waals surface area contributed by atoms with Crippen molar-refractivity contribution >= 4 is 5.97 Å². The highest BCUT2D eigenvalue weighted by molar-refractivity contribution is 5.79. The van der Waals surface area contributed by atoms with Crippen molar-refractivity contribution in [3.05, 3.63) is 0 Å². The molecule has 0 aliphatic carbocycles. The number of likely N-dealkylation sites (tertiary alicyclic amines) is 1. The molecule has 2 unspecified atom stereocenters. The zero-order valence-corrected chi connectivity index (χ0v) is 11.4. The summed E-state index contributed by atoms with van der Waals surface area (Å²) in [5.41, 5.74) is -0.734. The van der Waals surface area contributed by atoms with E-state index in [1.807, 2.05) is 14.1 Å². The molecule has 1 rings (SSSR count). The van der Waals surface area contributed by atoms with E-state index in [0.717, 1.165) is 19.6 Å². The second kappa shape index (κ2) is 5.80. The van der Waals surface area contributed by atoms with Crippen LogP contribution in [0.15, 0.2) is 0 Å². The Labute approximate surface area is 104 Å². The minimum atomic E-state index is -0.734. The van der Waals surface area contributed by atoms with Crippen LogP contribution in [0.2, 0.25) is 0 Å². The van der Waals surface area contributed by atoms with Gasteiger partial charge >= 0.3 is 5.97 Å². The van der Waals surface area contributed by atoms with Gasteiger partial charge in [-0.2, -0.15) is 0 Å². The fourth-order valence-electron chi connectivity index (χ4n) is 2.30. The molecule has 100 valence electrons. The Kier molecular flexibility index (Phi) is 4.91. The molecule has 1 fully saturated rings. The van der Waals surface area contributed by atoms with Crippen LogP contribution in [0.4, 0.5) is 0 Å². The number of carboxylic acid groups (broad SMARTS) is 1. The number of hydrogen-bond acceptors (Lipinski definition) is 4. The van der Waals surface area contributed by atoms with Crippen LogP contribution < -0.4 is 5.32 Å². The van der Waals surface area contributed by atoms with Crippen LogP contribution in [0, 0.1) is 0 Å². The molecule has 0 aromatic heterocycles. The maximum Gasteiger partial charge on any atom is 0.324 e. The Morgan fingerprint density at radius 3 is 2.71 bits per heavy atom. The van der Waals surface area contributed by atoms with Gasteiger partial charge in [0.15, 0.2) is 0 Å². The quantitative estimate of drug-likeness (QED) is 0.716. The number of rotatable bonds is 5. The Morgan fingerprint density at radius 2 is 2.24 bits per heavy atom. The first-order valence-corrected chi connectivity index (χ1v) is 6.21. The zero-order chi connectivity index (χ0) is 13.1. The molecule has 5 nitrogen and oxygen atoms in total. The average Bonchev–Trinajstić information content (AvgIpc) is 2.22. The summed E-state index contributed by atoms with van der Waals surface area (Å²) in [4.78, 5) is 15.8. The van der Waals surface area contributed by atoms with E-state index >= 15 is 0 Å². The molecular formula is C12H25N3O2. The van der Waals surface area contributed by atoms with Crippen LogP contribution in [0.25, 0.3) is 0 Å². The van der Waals surface area contributed by atoms with E-state index in [-0.39, 0.29) is 0 Å². The van der Waals surface area contributed by atoms with Crippen molar-refractivity contribution in [2.75, 3.05) is 40.8 Å². The van der Waals surface area contributed by atoms with Gasteiger partial charge in [-0.15, -0.1) is 0 Å². The number of nitrogens with one attached hydrogen (secondary N) is 1. The van der Waals surface area contributed by atoms with Gasteiger partial charge in [0.2, 0.25) is 0 Å². The van der Waals surface area contributed by atoms with Crippen LogP contribution in [0.5, 0.6) is 0 Å². The first kappa shape index (κ1) is 14.4. The maximum atomic E-state index is 11.5. The molecule has 0 aromatic carbocycles. The fourth-order valence-corrected chi connectivity index (χ4v) is 2.30. The smallest absolute Gasteiger partial charge is 0.324 e. The van der Waals surface area contributed by atoms with Crippen LogP contribution in [-0.4, -0.2) is 73.2 Å². The molecule has 17 heavy (non-hydrogen) atoms. The number of carbonyl (C=O) groups is 1. The number of aliphatic carboxylic acids is 1. The molecule has 0 aromatic rings. The van der Waals surface area contributed by atoms with Gasteiger partial charge < -0.3 is 20.2 Å². The molecule has 0 amide bonds. The number of likely N-dealkylation sites (N-methyl/N-ethyl adjacent to an activating group) is 1. The third-order valence-corrected chi connectivity index (χ3v) is 3.72. The van der Waals surface area contributed by atoms with Gasteiger partial charge in [0.05, 0.1) is 0 Å². The van der Waals surface area contributed by atoms with Crippen molar-refractivity contribution in [1.29, 1.82) is 0 Å². The van der Waals surface area contributed by atoms with Crippen LogP contribution in [0.1, 0.15) is 19.8 Å². The summed E-state index contributed by atoms with van der Waals surface area (Å²) in [6, 6.07) is 0.312. The molecule has 1 saturated heterocycles. The van der Waals surface area contributed by atoms with E-state index in [1.165, 1.54) is 0 Å². The molecule has 2 atom stereocenters. The maximum absolute atomic E-state index is 11.5. The Bertz CT molecular complexity index is 270. The van der Waals surface area contributed by atoms with E-state index < -0.39 is 11.5 Å². The second-order valence-electron chi connectivity index (χ2n) is 5.40. The lowest BCUT2D eigenvalue weighted by Gasteiger charge is -2.42. The van der Waals surface area contributed by atoms with E-state index in [0.29, 0.717) is 18.9 Å². The summed E-state index contributed by atoms with van der Waals surface area (Å²) >= 11 is 0. The summed E-state index contributed by atoms with van der Waals surface area (Å²) in [7, 11) is 6.04. The lowest BCUT2D eigenvalue weighted by molar-refractivity contribution is -0.148. The summed E-state index contributed by atoms with van der Waals surface area (Å²) in [5.74, 6) is -0.712. The van der Waals surface area contributed by atoms with Crippen molar-refractivity contribution in [2.45, 2.75) is 31.3 Å². The van der Waals surface area contributed by atoms with E-state index in [1.54, 1.807) is 0 Å². The van der Waals surface area contributed by atoms with Gasteiger partial charge in [0, 0.05) is 25.7 Å². The van der Waals surface area contributed by atoms with Crippen molar-refractivity contribution < 1.29 is 9.90 Å². The standard InChI is InChI=1S/C12H25N3O2/c1-10-9-12(11(16)17,5-7-15(10)4)13-6-8-14(2)3/h10,13H,5-9H2,1-4H3,(H,16,17). The van der Waals surface area contributed by atoms with E-state index in [9.17, 15) is 9.90 Å². The minimum Gasteiger partial charge on any atom is -0.480 e. The van der Waals surface area contributed by atoms with Crippen LogP contribution in [0.3, 0.4) is 0 Å². The molecule has 0 radical (unpaired) electrons. The Balaban J connectivity index is 2.60. The molecule has 1 aliphatic rings. The van der Waals surface area contributed by atoms with E-state index in [4.69, 9.17) is 0 Å². The van der Waals surface area contributed by atoms with Gasteiger partial charge in [-0.25, -0.2) is 0 Å². The number of piperidine rings is 1. The molecular weight excluding hydrogens is 218 g/mol. The second-order valence-corrected chi connectivity index (χ2v) is 5.40. The molecule has 5 heteroatoms. The third kappa shape index (κ3) is 3.66. The Hall–Kier alpha value is -0.650. The van der Waals surface area contributed by atoms with Crippen LogP contribution >= 0.6 is 0 Å².